The van der Waals surface area contributed by atoms with E-state index in [0.29, 0.717) is 26.2 Å². The van der Waals surface area contributed by atoms with Gasteiger partial charge in [-0.3, -0.25) is 14.9 Å². The van der Waals surface area contributed by atoms with Crippen LogP contribution in [-0.4, -0.2) is 48.5 Å². The second-order valence-corrected chi connectivity index (χ2v) is 6.36. The fourth-order valence-electron chi connectivity index (χ4n) is 2.99. The molecule has 2 aromatic carbocycles. The van der Waals surface area contributed by atoms with Crippen molar-refractivity contribution in [1.82, 2.24) is 4.90 Å². The Bertz CT molecular complexity index is 833. The maximum atomic E-state index is 13.0. The highest BCUT2D eigenvalue weighted by Crippen LogP contribution is 2.27. The Morgan fingerprint density at radius 3 is 2.44 bits per heavy atom. The number of halogens is 1. The van der Waals surface area contributed by atoms with Gasteiger partial charge in [-0.1, -0.05) is 6.07 Å². The van der Waals surface area contributed by atoms with Crippen LogP contribution in [0.25, 0.3) is 0 Å². The average Bonchev–Trinajstić information content (AvgIpc) is 2.67. The molecule has 1 amide bonds. The summed E-state index contributed by atoms with van der Waals surface area (Å²) in [4.78, 5) is 26.7. The summed E-state index contributed by atoms with van der Waals surface area (Å²) in [7, 11) is 0. The van der Waals surface area contributed by atoms with E-state index in [1.54, 1.807) is 30.0 Å². The van der Waals surface area contributed by atoms with E-state index in [1.165, 1.54) is 24.3 Å². The Labute approximate surface area is 156 Å². The smallest absolute Gasteiger partial charge is 0.311 e. The van der Waals surface area contributed by atoms with E-state index in [1.807, 2.05) is 0 Å². The van der Waals surface area contributed by atoms with E-state index < -0.39 is 4.92 Å². The van der Waals surface area contributed by atoms with E-state index in [-0.39, 0.29) is 29.8 Å². The lowest BCUT2D eigenvalue weighted by Gasteiger charge is -2.36. The van der Waals surface area contributed by atoms with Crippen LogP contribution in [-0.2, 0) is 4.79 Å². The zero-order valence-corrected chi connectivity index (χ0v) is 14.9. The first-order valence-corrected chi connectivity index (χ1v) is 8.60. The molecule has 2 aromatic rings. The van der Waals surface area contributed by atoms with Gasteiger partial charge in [0.2, 0.25) is 0 Å². The molecule has 0 aromatic heterocycles. The van der Waals surface area contributed by atoms with Gasteiger partial charge in [0.25, 0.3) is 5.91 Å². The molecule has 0 radical (unpaired) electrons. The van der Waals surface area contributed by atoms with Crippen molar-refractivity contribution in [2.24, 2.45) is 0 Å². The van der Waals surface area contributed by atoms with Crippen LogP contribution in [0.4, 0.5) is 15.8 Å². The third kappa shape index (κ3) is 4.52. The number of benzene rings is 2. The number of nitro benzene ring substituents is 1. The highest BCUT2D eigenvalue weighted by Gasteiger charge is 2.23. The van der Waals surface area contributed by atoms with Crippen LogP contribution < -0.4 is 9.64 Å². The third-order valence-corrected chi connectivity index (χ3v) is 4.49. The first-order valence-electron chi connectivity index (χ1n) is 8.60. The van der Waals surface area contributed by atoms with Gasteiger partial charge in [-0.2, -0.15) is 0 Å². The largest absolute Gasteiger partial charge is 0.477 e. The van der Waals surface area contributed by atoms with Crippen molar-refractivity contribution in [3.05, 3.63) is 64.0 Å². The maximum Gasteiger partial charge on any atom is 0.311 e. The summed E-state index contributed by atoms with van der Waals surface area (Å²) >= 11 is 0. The highest BCUT2D eigenvalue weighted by atomic mass is 19.1. The Kier molecular flexibility index (Phi) is 5.54. The molecule has 0 unspecified atom stereocenters. The van der Waals surface area contributed by atoms with Gasteiger partial charge in [0.1, 0.15) is 5.82 Å². The summed E-state index contributed by atoms with van der Waals surface area (Å²) in [6, 6.07) is 10.9. The molecule has 0 bridgehead atoms. The Morgan fingerprint density at radius 2 is 1.81 bits per heavy atom. The molecule has 1 heterocycles. The van der Waals surface area contributed by atoms with E-state index in [2.05, 4.69) is 4.90 Å². The minimum Gasteiger partial charge on any atom is -0.477 e. The topological polar surface area (TPSA) is 75.9 Å². The molecule has 0 atom stereocenters. The van der Waals surface area contributed by atoms with Crippen molar-refractivity contribution < 1.29 is 18.8 Å². The standard InChI is InChI=1S/C19H20FN3O4/c1-14-2-7-18(17(12-14)23(25)26)27-13-19(24)22-10-8-21(9-11-22)16-5-3-15(20)4-6-16/h2-7,12H,8-11,13H2,1H3. The van der Waals surface area contributed by atoms with Gasteiger partial charge in [-0.25, -0.2) is 4.39 Å². The van der Waals surface area contributed by atoms with Crippen molar-refractivity contribution >= 4 is 17.3 Å². The molecule has 1 aliphatic heterocycles. The third-order valence-electron chi connectivity index (χ3n) is 4.49. The van der Waals surface area contributed by atoms with Crippen LogP contribution in [0.5, 0.6) is 5.75 Å². The number of nitro groups is 1. The minimum absolute atomic E-state index is 0.0869. The van der Waals surface area contributed by atoms with Gasteiger partial charge in [0.15, 0.2) is 12.4 Å². The van der Waals surface area contributed by atoms with Crippen LogP contribution in [0.1, 0.15) is 5.56 Å². The number of aryl methyl sites for hydroxylation is 1. The number of amides is 1. The summed E-state index contributed by atoms with van der Waals surface area (Å²) in [6.45, 7) is 3.78. The van der Waals surface area contributed by atoms with E-state index in [0.717, 1.165) is 11.3 Å². The Morgan fingerprint density at radius 1 is 1.15 bits per heavy atom. The Balaban J connectivity index is 1.54. The van der Waals surface area contributed by atoms with E-state index in [9.17, 15) is 19.3 Å². The fraction of sp³-hybridized carbons (Fsp3) is 0.316. The molecule has 1 saturated heterocycles. The molecule has 0 N–H and O–H groups in total. The average molecular weight is 373 g/mol. The van der Waals surface area contributed by atoms with Gasteiger partial charge < -0.3 is 14.5 Å². The lowest BCUT2D eigenvalue weighted by Crippen LogP contribution is -2.50. The molecule has 7 nitrogen and oxygen atoms in total. The first-order chi connectivity index (χ1) is 12.9. The second kappa shape index (κ2) is 8.03. The lowest BCUT2D eigenvalue weighted by molar-refractivity contribution is -0.385. The van der Waals surface area contributed by atoms with Crippen molar-refractivity contribution in [3.63, 3.8) is 0 Å². The zero-order valence-electron chi connectivity index (χ0n) is 14.9. The lowest BCUT2D eigenvalue weighted by atomic mass is 10.2. The molecule has 1 aliphatic rings. The normalized spacial score (nSPS) is 14.1. The summed E-state index contributed by atoms with van der Waals surface area (Å²) in [5.74, 6) is -0.414. The van der Waals surface area contributed by atoms with Crippen LogP contribution in [0, 0.1) is 22.9 Å². The van der Waals surface area contributed by atoms with Crippen LogP contribution in [0.2, 0.25) is 0 Å². The molecule has 0 saturated carbocycles. The van der Waals surface area contributed by atoms with Crippen molar-refractivity contribution in [3.8, 4) is 5.75 Å². The predicted octanol–water partition coefficient (Wildman–Crippen LogP) is 2.77. The molecular weight excluding hydrogens is 353 g/mol. The summed E-state index contributed by atoms with van der Waals surface area (Å²) in [6.07, 6.45) is 0. The summed E-state index contributed by atoms with van der Waals surface area (Å²) < 4.78 is 18.4. The molecule has 3 rings (SSSR count). The first kappa shape index (κ1) is 18.6. The van der Waals surface area contributed by atoms with Gasteiger partial charge in [0, 0.05) is 37.9 Å². The number of carbonyl (C=O) groups excluding carboxylic acids is 1. The monoisotopic (exact) mass is 373 g/mol. The van der Waals surface area contributed by atoms with Crippen molar-refractivity contribution in [2.75, 3.05) is 37.7 Å². The van der Waals surface area contributed by atoms with E-state index >= 15 is 0 Å². The molecule has 0 spiro atoms. The number of ether oxygens (including phenoxy) is 1. The van der Waals surface area contributed by atoms with Crippen molar-refractivity contribution in [1.29, 1.82) is 0 Å². The summed E-state index contributed by atoms with van der Waals surface area (Å²) in [5.41, 5.74) is 1.51. The number of anilines is 1. The SMILES string of the molecule is Cc1ccc(OCC(=O)N2CCN(c3ccc(F)cc3)CC2)c([N+](=O)[O-])c1. The molecule has 142 valence electrons. The number of carbonyl (C=O) groups is 1. The van der Waals surface area contributed by atoms with Gasteiger partial charge >= 0.3 is 5.69 Å². The van der Waals surface area contributed by atoms with Gasteiger partial charge in [0.05, 0.1) is 4.92 Å². The Hall–Kier alpha value is -3.16. The number of rotatable bonds is 5. The van der Waals surface area contributed by atoms with Crippen LogP contribution in [0.3, 0.4) is 0 Å². The minimum atomic E-state index is -0.520. The van der Waals surface area contributed by atoms with Crippen LogP contribution in [0.15, 0.2) is 42.5 Å². The molecule has 8 heteroatoms. The number of piperazine rings is 1. The highest BCUT2D eigenvalue weighted by molar-refractivity contribution is 5.78. The quantitative estimate of drug-likeness (QED) is 0.595. The molecular formula is C19H20FN3O4. The number of hydrogen-bond donors (Lipinski definition) is 0. The molecule has 1 fully saturated rings. The predicted molar refractivity (Wildman–Crippen MR) is 98.5 cm³/mol. The van der Waals surface area contributed by atoms with Gasteiger partial charge in [-0.05, 0) is 42.8 Å². The van der Waals surface area contributed by atoms with E-state index in [4.69, 9.17) is 4.74 Å². The number of nitrogens with zero attached hydrogens (tertiary/aromatic N) is 3. The molecule has 27 heavy (non-hydrogen) atoms. The van der Waals surface area contributed by atoms with Crippen LogP contribution >= 0.6 is 0 Å². The maximum absolute atomic E-state index is 13.0. The molecule has 0 aliphatic carbocycles. The fourth-order valence-corrected chi connectivity index (χ4v) is 2.99. The zero-order chi connectivity index (χ0) is 19.4. The van der Waals surface area contributed by atoms with Crippen molar-refractivity contribution in [2.45, 2.75) is 6.92 Å². The second-order valence-electron chi connectivity index (χ2n) is 6.36. The summed E-state index contributed by atoms with van der Waals surface area (Å²) in [5, 5.41) is 11.1. The van der Waals surface area contributed by atoms with Gasteiger partial charge in [-0.15, -0.1) is 0 Å². The number of hydrogen-bond acceptors (Lipinski definition) is 5.